The first kappa shape index (κ1) is 14.1. The normalized spacial score (nSPS) is 17.3. The van der Waals surface area contributed by atoms with Gasteiger partial charge in [0.1, 0.15) is 0 Å². The number of nitrogens with zero attached hydrogens (tertiary/aromatic N) is 4. The minimum absolute atomic E-state index is 0.0464. The average Bonchev–Trinajstić information content (AvgIpc) is 3.16. The summed E-state index contributed by atoms with van der Waals surface area (Å²) in [6.45, 7) is 1.30. The predicted molar refractivity (Wildman–Crippen MR) is 81.7 cm³/mol. The number of carbonyl (C=O) groups excluding carboxylic acids is 1. The summed E-state index contributed by atoms with van der Waals surface area (Å²) in [7, 11) is 1.87. The second-order valence-electron chi connectivity index (χ2n) is 5.49. The topological polar surface area (TPSA) is 74.0 Å². The number of rotatable bonds is 3. The van der Waals surface area contributed by atoms with Crippen molar-refractivity contribution >= 4 is 5.91 Å². The van der Waals surface area contributed by atoms with Crippen LogP contribution < -0.4 is 5.32 Å². The van der Waals surface area contributed by atoms with Gasteiger partial charge in [-0.15, -0.1) is 0 Å². The quantitative estimate of drug-likeness (QED) is 0.868. The molecule has 112 valence electrons. The third-order valence-electron chi connectivity index (χ3n) is 3.85. The summed E-state index contributed by atoms with van der Waals surface area (Å²) in [6, 6.07) is 7.51. The van der Waals surface area contributed by atoms with Gasteiger partial charge >= 0.3 is 0 Å². The van der Waals surface area contributed by atoms with Crippen LogP contribution in [0.25, 0.3) is 11.1 Å². The summed E-state index contributed by atoms with van der Waals surface area (Å²) in [5.74, 6) is -0.0949. The highest BCUT2D eigenvalue weighted by Crippen LogP contribution is 2.19. The first-order chi connectivity index (χ1) is 10.7. The van der Waals surface area contributed by atoms with Crippen molar-refractivity contribution in [2.75, 3.05) is 13.1 Å². The molecule has 0 aliphatic carbocycles. The van der Waals surface area contributed by atoms with Gasteiger partial charge in [-0.2, -0.15) is 10.4 Å². The minimum atomic E-state index is -0.0949. The van der Waals surface area contributed by atoms with Crippen molar-refractivity contribution in [2.24, 2.45) is 7.05 Å². The Balaban J connectivity index is 1.65. The van der Waals surface area contributed by atoms with Crippen LogP contribution in [0, 0.1) is 11.5 Å². The average molecular weight is 295 g/mol. The summed E-state index contributed by atoms with van der Waals surface area (Å²) < 4.78 is 1.75. The van der Waals surface area contributed by atoms with Crippen LogP contribution in [0.15, 0.2) is 36.7 Å². The van der Waals surface area contributed by atoms with Crippen LogP contribution in [0.4, 0.5) is 0 Å². The standard InChI is InChI=1S/C16H17N5O/c1-20-9-14(8-18-20)12-2-4-13(5-3-12)16(22)19-15-6-7-21(10-15)11-17/h2-5,8-9,15H,6-7,10H2,1H3,(H,19,22). The lowest BCUT2D eigenvalue weighted by Crippen LogP contribution is -2.36. The molecule has 0 radical (unpaired) electrons. The van der Waals surface area contributed by atoms with Gasteiger partial charge in [-0.05, 0) is 24.1 Å². The van der Waals surface area contributed by atoms with Crippen molar-refractivity contribution in [1.82, 2.24) is 20.0 Å². The van der Waals surface area contributed by atoms with Gasteiger partial charge in [-0.1, -0.05) is 12.1 Å². The van der Waals surface area contributed by atoms with Crippen molar-refractivity contribution in [3.8, 4) is 17.3 Å². The van der Waals surface area contributed by atoms with Crippen LogP contribution in [0.2, 0.25) is 0 Å². The minimum Gasteiger partial charge on any atom is -0.347 e. The molecule has 1 amide bonds. The number of amides is 1. The molecule has 1 atom stereocenters. The van der Waals surface area contributed by atoms with Crippen LogP contribution in [0.1, 0.15) is 16.8 Å². The van der Waals surface area contributed by atoms with E-state index in [9.17, 15) is 4.79 Å². The van der Waals surface area contributed by atoms with Crippen LogP contribution in [0.3, 0.4) is 0 Å². The third-order valence-corrected chi connectivity index (χ3v) is 3.85. The number of carbonyl (C=O) groups is 1. The molecule has 0 spiro atoms. The number of likely N-dealkylation sites (tertiary alicyclic amines) is 1. The molecule has 1 saturated heterocycles. The molecule has 0 saturated carbocycles. The van der Waals surface area contributed by atoms with E-state index in [1.54, 1.807) is 15.8 Å². The summed E-state index contributed by atoms with van der Waals surface area (Å²) in [4.78, 5) is 13.9. The lowest BCUT2D eigenvalue weighted by molar-refractivity contribution is 0.0939. The van der Waals surface area contributed by atoms with E-state index >= 15 is 0 Å². The number of aryl methyl sites for hydroxylation is 1. The fourth-order valence-electron chi connectivity index (χ4n) is 2.62. The molecule has 22 heavy (non-hydrogen) atoms. The van der Waals surface area contributed by atoms with Crippen molar-refractivity contribution < 1.29 is 4.79 Å². The van der Waals surface area contributed by atoms with Crippen molar-refractivity contribution in [1.29, 1.82) is 5.26 Å². The van der Waals surface area contributed by atoms with E-state index in [1.165, 1.54) is 0 Å². The number of benzene rings is 1. The van der Waals surface area contributed by atoms with E-state index < -0.39 is 0 Å². The van der Waals surface area contributed by atoms with Crippen molar-refractivity contribution in [2.45, 2.75) is 12.5 Å². The molecule has 6 nitrogen and oxygen atoms in total. The highest BCUT2D eigenvalue weighted by molar-refractivity contribution is 5.94. The molecule has 2 heterocycles. The molecular weight excluding hydrogens is 278 g/mol. The maximum absolute atomic E-state index is 12.2. The van der Waals surface area contributed by atoms with Gasteiger partial charge < -0.3 is 10.2 Å². The molecule has 1 aliphatic rings. The summed E-state index contributed by atoms with van der Waals surface area (Å²) in [5.41, 5.74) is 2.68. The Labute approximate surface area is 129 Å². The Morgan fingerprint density at radius 3 is 2.73 bits per heavy atom. The number of hydrogen-bond acceptors (Lipinski definition) is 4. The van der Waals surface area contributed by atoms with E-state index in [-0.39, 0.29) is 11.9 Å². The fraction of sp³-hybridized carbons (Fsp3) is 0.312. The summed E-state index contributed by atoms with van der Waals surface area (Å²) in [5, 5.41) is 15.9. The van der Waals surface area contributed by atoms with Crippen LogP contribution in [0.5, 0.6) is 0 Å². The molecule has 1 N–H and O–H groups in total. The predicted octanol–water partition coefficient (Wildman–Crippen LogP) is 1.37. The van der Waals surface area contributed by atoms with E-state index in [1.807, 2.05) is 37.5 Å². The van der Waals surface area contributed by atoms with E-state index in [4.69, 9.17) is 5.26 Å². The zero-order chi connectivity index (χ0) is 15.5. The first-order valence-electron chi connectivity index (χ1n) is 7.20. The molecule has 1 aliphatic heterocycles. The van der Waals surface area contributed by atoms with E-state index in [2.05, 4.69) is 16.6 Å². The van der Waals surface area contributed by atoms with Gasteiger partial charge in [-0.25, -0.2) is 0 Å². The molecule has 2 aromatic rings. The van der Waals surface area contributed by atoms with Gasteiger partial charge in [0.05, 0.1) is 6.20 Å². The number of nitrogens with one attached hydrogen (secondary N) is 1. The molecular formula is C16H17N5O. The Bertz CT molecular complexity index is 713. The maximum atomic E-state index is 12.2. The molecule has 3 rings (SSSR count). The molecule has 1 fully saturated rings. The van der Waals surface area contributed by atoms with Gasteiger partial charge in [0.15, 0.2) is 6.19 Å². The Morgan fingerprint density at radius 2 is 2.14 bits per heavy atom. The van der Waals surface area contributed by atoms with Crippen LogP contribution in [-0.4, -0.2) is 39.7 Å². The van der Waals surface area contributed by atoms with E-state index in [0.29, 0.717) is 18.7 Å². The van der Waals surface area contributed by atoms with Gasteiger partial charge in [-0.3, -0.25) is 9.48 Å². The van der Waals surface area contributed by atoms with Crippen LogP contribution >= 0.6 is 0 Å². The lowest BCUT2D eigenvalue weighted by Gasteiger charge is -2.12. The molecule has 0 bridgehead atoms. The Morgan fingerprint density at radius 1 is 1.36 bits per heavy atom. The second-order valence-corrected chi connectivity index (χ2v) is 5.49. The maximum Gasteiger partial charge on any atom is 0.251 e. The largest absolute Gasteiger partial charge is 0.347 e. The van der Waals surface area contributed by atoms with Crippen molar-refractivity contribution in [3.63, 3.8) is 0 Å². The highest BCUT2D eigenvalue weighted by atomic mass is 16.1. The third kappa shape index (κ3) is 2.93. The fourth-order valence-corrected chi connectivity index (χ4v) is 2.62. The van der Waals surface area contributed by atoms with Crippen LogP contribution in [-0.2, 0) is 7.05 Å². The molecule has 1 aromatic carbocycles. The summed E-state index contributed by atoms with van der Waals surface area (Å²) in [6.07, 6.45) is 6.65. The number of nitriles is 1. The molecule has 1 unspecified atom stereocenters. The second kappa shape index (κ2) is 5.90. The van der Waals surface area contributed by atoms with Gasteiger partial charge in [0.25, 0.3) is 5.91 Å². The Hall–Kier alpha value is -2.81. The van der Waals surface area contributed by atoms with Crippen molar-refractivity contribution in [3.05, 3.63) is 42.2 Å². The lowest BCUT2D eigenvalue weighted by atomic mass is 10.1. The zero-order valence-electron chi connectivity index (χ0n) is 12.4. The van der Waals surface area contributed by atoms with Gasteiger partial charge in [0, 0.05) is 43.5 Å². The highest BCUT2D eigenvalue weighted by Gasteiger charge is 2.23. The SMILES string of the molecule is Cn1cc(-c2ccc(C(=O)NC3CCN(C#N)C3)cc2)cn1. The van der Waals surface area contributed by atoms with Gasteiger partial charge in [0.2, 0.25) is 0 Å². The monoisotopic (exact) mass is 295 g/mol. The Kier molecular flexibility index (Phi) is 3.79. The number of hydrogen-bond donors (Lipinski definition) is 1. The smallest absolute Gasteiger partial charge is 0.251 e. The zero-order valence-corrected chi connectivity index (χ0v) is 12.4. The number of aromatic nitrogens is 2. The molecule has 1 aromatic heterocycles. The van der Waals surface area contributed by atoms with E-state index in [0.717, 1.165) is 17.5 Å². The molecule has 6 heteroatoms. The summed E-state index contributed by atoms with van der Waals surface area (Å²) >= 11 is 0. The first-order valence-corrected chi connectivity index (χ1v) is 7.20.